The lowest BCUT2D eigenvalue weighted by Gasteiger charge is -2.36. The molecule has 0 bridgehead atoms. The zero-order valence-corrected chi connectivity index (χ0v) is 23.3. The summed E-state index contributed by atoms with van der Waals surface area (Å²) in [6, 6.07) is 22.2. The van der Waals surface area contributed by atoms with Crippen molar-refractivity contribution in [2.75, 3.05) is 4.90 Å². The number of aryl methyl sites for hydroxylation is 1. The molecule has 3 fully saturated rings. The van der Waals surface area contributed by atoms with E-state index < -0.39 is 41.3 Å². The number of carbonyl (C=O) groups excluding carboxylic acids is 4. The van der Waals surface area contributed by atoms with Gasteiger partial charge in [0.15, 0.2) is 0 Å². The van der Waals surface area contributed by atoms with Gasteiger partial charge in [0.1, 0.15) is 5.54 Å². The van der Waals surface area contributed by atoms with Gasteiger partial charge in [-0.1, -0.05) is 91.7 Å². The summed E-state index contributed by atoms with van der Waals surface area (Å²) in [6.45, 7) is 5.98. The van der Waals surface area contributed by atoms with Crippen LogP contribution in [0.3, 0.4) is 0 Å². The van der Waals surface area contributed by atoms with Crippen molar-refractivity contribution in [1.29, 1.82) is 0 Å². The molecule has 0 saturated carbocycles. The molecule has 4 atom stereocenters. The minimum atomic E-state index is -1.51. The number of urea groups is 1. The van der Waals surface area contributed by atoms with Crippen LogP contribution in [0.1, 0.15) is 43.0 Å². The SMILES string of the molecule is Cc1cccc([C@@H]2[C@@H]3C(=O)N(Cc4ccccc4)C(=O)[C@@H]3[C@]3(CC(C)C)C(=O)N(c4cccc(Cl)c4)C(=O)N23)c1. The van der Waals surface area contributed by atoms with E-state index in [-0.39, 0.29) is 24.8 Å². The van der Waals surface area contributed by atoms with E-state index in [4.69, 9.17) is 11.6 Å². The lowest BCUT2D eigenvalue weighted by Crippen LogP contribution is -2.54. The van der Waals surface area contributed by atoms with Crippen molar-refractivity contribution in [3.05, 3.63) is 101 Å². The standard InChI is InChI=1S/C32H30ClN3O4/c1-19(2)17-32-26-25(28(37)34(29(26)38)18-21-10-5-4-6-11-21)27(22-12-7-9-20(3)15-22)36(32)31(40)35(30(32)39)24-14-8-13-23(33)16-24/h4-16,19,25-27H,17-18H2,1-3H3/t25-,26-,27-,32-/m1/s1. The molecule has 0 aromatic heterocycles. The molecule has 3 aliphatic heterocycles. The normalized spacial score (nSPS) is 25.8. The van der Waals surface area contributed by atoms with E-state index in [2.05, 4.69) is 0 Å². The third-order valence-electron chi connectivity index (χ3n) is 8.33. The van der Waals surface area contributed by atoms with E-state index in [1.165, 1.54) is 4.90 Å². The fraction of sp³-hybridized carbons (Fsp3) is 0.312. The van der Waals surface area contributed by atoms with Crippen LogP contribution in [0, 0.1) is 24.7 Å². The van der Waals surface area contributed by atoms with Crippen LogP contribution in [0.25, 0.3) is 0 Å². The summed E-state index contributed by atoms with van der Waals surface area (Å²) in [5, 5.41) is 0.386. The van der Waals surface area contributed by atoms with Crippen molar-refractivity contribution in [2.24, 2.45) is 17.8 Å². The van der Waals surface area contributed by atoms with Crippen LogP contribution >= 0.6 is 11.6 Å². The first-order chi connectivity index (χ1) is 19.1. The van der Waals surface area contributed by atoms with Crippen LogP contribution in [-0.4, -0.2) is 39.1 Å². The lowest BCUT2D eigenvalue weighted by atomic mass is 9.74. The summed E-state index contributed by atoms with van der Waals surface area (Å²) in [7, 11) is 0. The number of likely N-dealkylation sites (tertiary alicyclic amines) is 1. The molecule has 3 aromatic rings. The maximum atomic E-state index is 14.6. The largest absolute Gasteiger partial charge is 0.332 e. The van der Waals surface area contributed by atoms with Crippen LogP contribution in [-0.2, 0) is 20.9 Å². The Morgan fingerprint density at radius 1 is 0.875 bits per heavy atom. The number of carbonyl (C=O) groups is 4. The third-order valence-corrected chi connectivity index (χ3v) is 8.56. The first kappa shape index (κ1) is 26.3. The highest BCUT2D eigenvalue weighted by Crippen LogP contribution is 2.60. The Morgan fingerprint density at radius 2 is 1.60 bits per heavy atom. The summed E-state index contributed by atoms with van der Waals surface area (Å²) in [6.07, 6.45) is 0.246. The van der Waals surface area contributed by atoms with E-state index in [9.17, 15) is 19.2 Å². The second-order valence-corrected chi connectivity index (χ2v) is 11.8. The molecule has 0 radical (unpaired) electrons. The van der Waals surface area contributed by atoms with Crippen molar-refractivity contribution in [2.45, 2.75) is 45.3 Å². The van der Waals surface area contributed by atoms with E-state index in [1.807, 2.05) is 75.4 Å². The fourth-order valence-corrected chi connectivity index (χ4v) is 7.14. The van der Waals surface area contributed by atoms with E-state index in [1.54, 1.807) is 29.2 Å². The van der Waals surface area contributed by atoms with Gasteiger partial charge in [0.2, 0.25) is 11.8 Å². The summed E-state index contributed by atoms with van der Waals surface area (Å²) in [4.78, 5) is 61.4. The number of halogens is 1. The maximum Gasteiger partial charge on any atom is 0.332 e. The number of hydrogen-bond donors (Lipinski definition) is 0. The molecule has 3 aliphatic rings. The van der Waals surface area contributed by atoms with Gasteiger partial charge < -0.3 is 4.90 Å². The average Bonchev–Trinajstić information content (AvgIpc) is 3.43. The monoisotopic (exact) mass is 555 g/mol. The van der Waals surface area contributed by atoms with Crippen molar-refractivity contribution >= 4 is 41.0 Å². The predicted molar refractivity (Wildman–Crippen MR) is 151 cm³/mol. The van der Waals surface area contributed by atoms with Gasteiger partial charge in [-0.3, -0.25) is 19.3 Å². The molecule has 0 spiro atoms. The van der Waals surface area contributed by atoms with Gasteiger partial charge in [0, 0.05) is 5.02 Å². The van der Waals surface area contributed by atoms with Crippen molar-refractivity contribution < 1.29 is 19.2 Å². The summed E-state index contributed by atoms with van der Waals surface area (Å²) >= 11 is 6.26. The van der Waals surface area contributed by atoms with Gasteiger partial charge in [-0.2, -0.15) is 0 Å². The molecular weight excluding hydrogens is 526 g/mol. The second kappa shape index (κ2) is 9.59. The maximum absolute atomic E-state index is 14.6. The van der Waals surface area contributed by atoms with E-state index >= 15 is 0 Å². The van der Waals surface area contributed by atoms with Crippen LogP contribution in [0.4, 0.5) is 10.5 Å². The van der Waals surface area contributed by atoms with Crippen LogP contribution < -0.4 is 4.90 Å². The average molecular weight is 556 g/mol. The summed E-state index contributed by atoms with van der Waals surface area (Å²) in [5.74, 6) is -3.15. The van der Waals surface area contributed by atoms with Gasteiger partial charge in [0.05, 0.1) is 30.1 Å². The zero-order valence-electron chi connectivity index (χ0n) is 22.6. The lowest BCUT2D eigenvalue weighted by molar-refractivity contribution is -0.145. The fourth-order valence-electron chi connectivity index (χ4n) is 6.95. The Kier molecular flexibility index (Phi) is 6.30. The molecule has 0 aliphatic carbocycles. The van der Waals surface area contributed by atoms with Gasteiger partial charge in [-0.15, -0.1) is 0 Å². The summed E-state index contributed by atoms with van der Waals surface area (Å²) < 4.78 is 0. The van der Waals surface area contributed by atoms with Crippen molar-refractivity contribution in [3.63, 3.8) is 0 Å². The number of hydrogen-bond acceptors (Lipinski definition) is 4. The van der Waals surface area contributed by atoms with Crippen molar-refractivity contribution in [3.8, 4) is 0 Å². The quantitative estimate of drug-likeness (QED) is 0.286. The second-order valence-electron chi connectivity index (χ2n) is 11.4. The minimum absolute atomic E-state index is 0.0402. The molecule has 0 N–H and O–H groups in total. The molecule has 5 amide bonds. The minimum Gasteiger partial charge on any atom is -0.300 e. The molecule has 3 heterocycles. The Morgan fingerprint density at radius 3 is 2.27 bits per heavy atom. The Hall–Kier alpha value is -3.97. The first-order valence-corrected chi connectivity index (χ1v) is 13.9. The predicted octanol–water partition coefficient (Wildman–Crippen LogP) is 5.76. The highest BCUT2D eigenvalue weighted by atomic mass is 35.5. The molecular formula is C32H30ClN3O4. The topological polar surface area (TPSA) is 78.0 Å². The van der Waals surface area contributed by atoms with E-state index in [0.29, 0.717) is 10.7 Å². The van der Waals surface area contributed by atoms with Crippen LogP contribution in [0.2, 0.25) is 5.02 Å². The molecule has 204 valence electrons. The highest BCUT2D eigenvalue weighted by molar-refractivity contribution is 6.32. The number of rotatable bonds is 6. The number of benzene rings is 3. The number of fused-ring (bicyclic) bond motifs is 3. The Balaban J connectivity index is 1.55. The summed E-state index contributed by atoms with van der Waals surface area (Å²) in [5.41, 5.74) is 1.35. The van der Waals surface area contributed by atoms with Crippen molar-refractivity contribution in [1.82, 2.24) is 9.80 Å². The molecule has 3 saturated heterocycles. The van der Waals surface area contributed by atoms with Gasteiger partial charge in [0.25, 0.3) is 5.91 Å². The van der Waals surface area contributed by atoms with Gasteiger partial charge in [-0.05, 0) is 48.6 Å². The smallest absolute Gasteiger partial charge is 0.300 e. The number of nitrogens with zero attached hydrogens (tertiary/aromatic N) is 3. The van der Waals surface area contributed by atoms with Gasteiger partial charge >= 0.3 is 6.03 Å². The van der Waals surface area contributed by atoms with Gasteiger partial charge in [-0.25, -0.2) is 9.69 Å². The highest BCUT2D eigenvalue weighted by Gasteiger charge is 2.77. The number of imide groups is 2. The molecule has 3 aromatic carbocycles. The molecule has 0 unspecified atom stereocenters. The molecule has 7 nitrogen and oxygen atoms in total. The Bertz CT molecular complexity index is 1540. The van der Waals surface area contributed by atoms with Crippen LogP contribution in [0.15, 0.2) is 78.9 Å². The molecule has 6 rings (SSSR count). The Labute approximate surface area is 238 Å². The molecule has 8 heteroatoms. The number of anilines is 1. The first-order valence-electron chi connectivity index (χ1n) is 13.5. The zero-order chi connectivity index (χ0) is 28.3. The third kappa shape index (κ3) is 3.79. The van der Waals surface area contributed by atoms with E-state index in [0.717, 1.165) is 21.6 Å². The number of amides is 5. The molecule has 40 heavy (non-hydrogen) atoms. The van der Waals surface area contributed by atoms with Crippen LogP contribution in [0.5, 0.6) is 0 Å².